The Morgan fingerprint density at radius 2 is 1.00 bits per heavy atom. The van der Waals surface area contributed by atoms with Gasteiger partial charge < -0.3 is 5.71 Å². The molecule has 0 saturated carbocycles. The second-order valence-electron chi connectivity index (χ2n) is 0. The Kier molecular flexibility index (Phi) is 109. The third-order valence-corrected chi connectivity index (χ3v) is 0. The Hall–Kier alpha value is 3.26. The minimum atomic E-state index is 0. The van der Waals surface area contributed by atoms with Crippen LogP contribution in [0.3, 0.4) is 0 Å². The van der Waals surface area contributed by atoms with Gasteiger partial charge in [-0.15, -0.1) is 0 Å². The van der Waals surface area contributed by atoms with Crippen LogP contribution >= 0.6 is 0 Å². The Morgan fingerprint density at radius 3 is 1.00 bits per heavy atom. The number of hydrogen-bond donors (Lipinski definition) is 0. The minimum absolute atomic E-state index is 0. The van der Waals surface area contributed by atoms with Gasteiger partial charge in [-0.1, -0.05) is 0 Å². The third-order valence-electron chi connectivity index (χ3n) is 0. The fourth-order valence-corrected chi connectivity index (χ4v) is 0. The van der Waals surface area contributed by atoms with Crippen LogP contribution in [0.25, 0.3) is 0 Å². The molecule has 0 heterocycles. The molecule has 0 bridgehead atoms. The van der Waals surface area contributed by atoms with Gasteiger partial charge in [0.25, 0.3) is 0 Å². The Bertz CT molecular complexity index is 14.0. The molecule has 0 aliphatic carbocycles. The summed E-state index contributed by atoms with van der Waals surface area (Å²) < 4.78 is 0. The normalized spacial score (nSPS) is 0. The van der Waals surface area contributed by atoms with Crippen molar-refractivity contribution >= 4 is 109 Å². The van der Waals surface area contributed by atoms with Gasteiger partial charge in [0.15, 0.2) is 0 Å². The number of hydrogen-bond acceptors (Lipinski definition) is 0. The van der Waals surface area contributed by atoms with Crippen molar-refractivity contribution in [2.45, 2.75) is 0 Å². The maximum Gasteiger partial charge on any atom is 2.00 e. The smallest absolute Gasteiger partial charge is 1.00 e. The van der Waals surface area contributed by atoms with E-state index in [-0.39, 0.29) is 114 Å². The van der Waals surface area contributed by atoms with E-state index in [0.29, 0.717) is 0 Å². The summed E-state index contributed by atoms with van der Waals surface area (Å²) in [6, 6.07) is 0. The van der Waals surface area contributed by atoms with Crippen LogP contribution in [-0.2, 0) is 0 Å². The van der Waals surface area contributed by atoms with Crippen LogP contribution < -0.4 is 0 Å². The molecule has 0 N–H and O–H groups in total. The van der Waals surface area contributed by atoms with Crippen LogP contribution in [-0.4, -0.2) is 109 Å². The van der Waals surface area contributed by atoms with E-state index >= 15 is 0 Å². The summed E-state index contributed by atoms with van der Waals surface area (Å²) in [7, 11) is 0. The maximum absolute atomic E-state index is 0. The molecule has 0 radical (unpaired) electrons. The topological polar surface area (TPSA) is 0 Å². The van der Waals surface area contributed by atoms with Gasteiger partial charge >= 0.3 is 86.6 Å². The molecular weight excluding hydrogens is 234 g/mol. The molecule has 0 atom stereocenters. The summed E-state index contributed by atoms with van der Waals surface area (Å²) in [5.74, 6) is 0. The van der Waals surface area contributed by atoms with Crippen LogP contribution in [0.5, 0.6) is 0 Å². The largest absolute Gasteiger partial charge is 2.00 e. The Labute approximate surface area is 112 Å². The van der Waals surface area contributed by atoms with E-state index in [1.54, 1.807) is 0 Å². The number of rotatable bonds is 0. The molecular formula is H12BaCaSi2. The molecule has 4 heavy (non-hydrogen) atoms. The predicted octanol–water partition coefficient (Wildman–Crippen LogP) is -3.21. The first-order valence-corrected chi connectivity index (χ1v) is 0. The standard InChI is InChI=1S/Ba.Ca.2H4Si.4H/h;;2*1H4;;;;/q2*+2;;;4*-1. The molecule has 0 unspecified atom stereocenters. The molecule has 0 nitrogen and oxygen atoms in total. The molecule has 0 aromatic heterocycles. The first kappa shape index (κ1) is 26.7. The molecule has 0 amide bonds. The van der Waals surface area contributed by atoms with E-state index < -0.39 is 0 Å². The second-order valence-corrected chi connectivity index (χ2v) is 0. The van der Waals surface area contributed by atoms with E-state index in [9.17, 15) is 0 Å². The zero-order valence-corrected chi connectivity index (χ0v) is 8.06. The van der Waals surface area contributed by atoms with E-state index in [4.69, 9.17) is 0 Å². The summed E-state index contributed by atoms with van der Waals surface area (Å²) in [6.45, 7) is 0. The van der Waals surface area contributed by atoms with E-state index in [1.165, 1.54) is 0 Å². The quantitative estimate of drug-likeness (QED) is 0.394. The molecule has 0 fully saturated rings. The average molecular weight is 246 g/mol. The van der Waals surface area contributed by atoms with Crippen LogP contribution in [0.4, 0.5) is 0 Å². The molecule has 0 aromatic carbocycles. The Morgan fingerprint density at radius 1 is 1.00 bits per heavy atom. The molecule has 0 saturated heterocycles. The summed E-state index contributed by atoms with van der Waals surface area (Å²) in [5.41, 5.74) is 0. The van der Waals surface area contributed by atoms with Crippen molar-refractivity contribution in [2.75, 3.05) is 0 Å². The van der Waals surface area contributed by atoms with Crippen LogP contribution in [0.2, 0.25) is 0 Å². The van der Waals surface area contributed by atoms with Crippen LogP contribution in [0, 0.1) is 0 Å². The average Bonchev–Trinajstić information content (AvgIpc) is 0. The van der Waals surface area contributed by atoms with Gasteiger partial charge in [0.05, 0.1) is 0 Å². The van der Waals surface area contributed by atoms with Gasteiger partial charge in [-0.2, -0.15) is 0 Å². The Balaban J connectivity index is 0. The van der Waals surface area contributed by atoms with Crippen molar-refractivity contribution in [1.82, 2.24) is 0 Å². The van der Waals surface area contributed by atoms with Crippen LogP contribution in [0.1, 0.15) is 5.71 Å². The summed E-state index contributed by atoms with van der Waals surface area (Å²) in [4.78, 5) is 0. The zero-order chi connectivity index (χ0) is 0. The maximum atomic E-state index is 0. The van der Waals surface area contributed by atoms with Crippen molar-refractivity contribution < 1.29 is 5.71 Å². The van der Waals surface area contributed by atoms with Crippen molar-refractivity contribution in [2.24, 2.45) is 0 Å². The van der Waals surface area contributed by atoms with Gasteiger partial charge in [-0.3, -0.25) is 0 Å². The second kappa shape index (κ2) is 16.3. The fourth-order valence-electron chi connectivity index (χ4n) is 0. The molecule has 0 spiro atoms. The van der Waals surface area contributed by atoms with E-state index in [1.807, 2.05) is 0 Å². The van der Waals surface area contributed by atoms with Crippen molar-refractivity contribution in [1.29, 1.82) is 0 Å². The third kappa shape index (κ3) is 8.98. The molecule has 4 heteroatoms. The van der Waals surface area contributed by atoms with Gasteiger partial charge in [0.1, 0.15) is 0 Å². The monoisotopic (exact) mass is 246 g/mol. The van der Waals surface area contributed by atoms with Gasteiger partial charge in [0.2, 0.25) is 0 Å². The molecule has 0 aromatic rings. The van der Waals surface area contributed by atoms with Crippen molar-refractivity contribution in [3.8, 4) is 0 Å². The van der Waals surface area contributed by atoms with E-state index in [0.717, 1.165) is 0 Å². The SMILES string of the molecule is [Ba+2].[Ca+2].[H-].[H-].[H-].[H-].[SiH4].[SiH4]. The molecule has 24 valence electrons. The van der Waals surface area contributed by atoms with Gasteiger partial charge in [0, 0.05) is 0 Å². The van der Waals surface area contributed by atoms with Gasteiger partial charge in [-0.25, -0.2) is 0 Å². The first-order chi connectivity index (χ1) is 0. The fraction of sp³-hybridized carbons (Fsp3) is 0. The minimum Gasteiger partial charge on any atom is -1.00 e. The summed E-state index contributed by atoms with van der Waals surface area (Å²) in [6.07, 6.45) is 0. The summed E-state index contributed by atoms with van der Waals surface area (Å²) >= 11 is 0. The first-order valence-electron chi connectivity index (χ1n) is 0. The molecule has 0 aliphatic heterocycles. The van der Waals surface area contributed by atoms with E-state index in [2.05, 4.69) is 0 Å². The van der Waals surface area contributed by atoms with Crippen molar-refractivity contribution in [3.05, 3.63) is 0 Å². The predicted molar refractivity (Wildman–Crippen MR) is 38.6 cm³/mol. The van der Waals surface area contributed by atoms with Gasteiger partial charge in [-0.05, 0) is 21.9 Å². The van der Waals surface area contributed by atoms with Crippen molar-refractivity contribution in [3.63, 3.8) is 0 Å². The molecule has 0 aliphatic rings. The molecule has 0 rings (SSSR count). The zero-order valence-electron chi connectivity index (χ0n) is 5.41. The van der Waals surface area contributed by atoms with Crippen LogP contribution in [0.15, 0.2) is 0 Å². The summed E-state index contributed by atoms with van der Waals surface area (Å²) in [5, 5.41) is 0.